The molecule has 6 rings (SSSR count). The van der Waals surface area contributed by atoms with Gasteiger partial charge in [0.2, 0.25) is 0 Å². The first-order chi connectivity index (χ1) is 16.3. The van der Waals surface area contributed by atoms with Gasteiger partial charge >= 0.3 is 0 Å². The van der Waals surface area contributed by atoms with Gasteiger partial charge in [0.05, 0.1) is 11.0 Å². The van der Waals surface area contributed by atoms with Crippen molar-refractivity contribution in [3.63, 3.8) is 0 Å². The second-order valence-corrected chi connectivity index (χ2v) is 8.79. The summed E-state index contributed by atoms with van der Waals surface area (Å²) in [4.78, 5) is 16.1. The van der Waals surface area contributed by atoms with Crippen molar-refractivity contribution in [2.24, 2.45) is 0 Å². The number of nitrogens with zero attached hydrogens (tertiary/aromatic N) is 4. The highest BCUT2D eigenvalue weighted by atomic mass is 32.1. The fourth-order valence-electron chi connectivity index (χ4n) is 4.56. The number of aromatic nitrogens is 4. The van der Waals surface area contributed by atoms with E-state index < -0.39 is 0 Å². The summed E-state index contributed by atoms with van der Waals surface area (Å²) in [7, 11) is 0. The summed E-state index contributed by atoms with van der Waals surface area (Å²) in [6, 6.07) is 18.7. The second-order valence-electron chi connectivity index (χ2n) is 7.76. The first kappa shape index (κ1) is 19.6. The van der Waals surface area contributed by atoms with Crippen LogP contribution in [0.5, 0.6) is 0 Å². The molecule has 4 heterocycles. The van der Waals surface area contributed by atoms with Gasteiger partial charge in [-0.3, -0.25) is 4.57 Å². The smallest absolute Gasteiger partial charge is 0.148 e. The Hall–Kier alpha value is -4.09. The molecule has 0 aliphatic rings. The molecular weight excluding hydrogens is 424 g/mol. The molecule has 6 aromatic rings. The van der Waals surface area contributed by atoms with E-state index in [1.54, 1.807) is 17.7 Å². The predicted molar refractivity (Wildman–Crippen MR) is 140 cm³/mol. The molecule has 0 aliphatic heterocycles. The van der Waals surface area contributed by atoms with Crippen molar-refractivity contribution in [3.8, 4) is 16.9 Å². The quantitative estimate of drug-likeness (QED) is 0.282. The zero-order chi connectivity index (χ0) is 22.4. The van der Waals surface area contributed by atoms with Crippen molar-refractivity contribution in [2.75, 3.05) is 0 Å². The molecule has 0 saturated carbocycles. The number of hydrogen-bond acceptors (Lipinski definition) is 4. The minimum atomic E-state index is 0.854. The number of benzene rings is 2. The SMILES string of the molecule is C=Cc1sc2ncc3c4ccccc4n(-c4ncncc4-c4ccccc4)c3c2c1/C=C\C. The molecule has 0 bridgehead atoms. The first-order valence-electron chi connectivity index (χ1n) is 10.8. The second kappa shape index (κ2) is 7.80. The standard InChI is InChI=1S/C28H20N4S/c1-3-10-20-24(4-2)33-28-25(20)26-22(16-30-28)19-13-8-9-14-23(19)32(26)27-21(15-29-17-31-27)18-11-6-5-7-12-18/h3-17H,2H2,1H3/b10-3-. The maximum Gasteiger partial charge on any atom is 0.148 e. The Kier molecular flexibility index (Phi) is 4.63. The molecule has 0 fully saturated rings. The molecule has 0 radical (unpaired) electrons. The number of para-hydroxylation sites is 1. The van der Waals surface area contributed by atoms with Crippen molar-refractivity contribution in [2.45, 2.75) is 6.92 Å². The number of rotatable bonds is 4. The predicted octanol–water partition coefficient (Wildman–Crippen LogP) is 7.53. The van der Waals surface area contributed by atoms with Gasteiger partial charge in [-0.15, -0.1) is 11.3 Å². The van der Waals surface area contributed by atoms with Gasteiger partial charge in [0.15, 0.2) is 0 Å². The van der Waals surface area contributed by atoms with Crippen LogP contribution in [-0.2, 0) is 0 Å². The van der Waals surface area contributed by atoms with Crippen molar-refractivity contribution in [1.82, 2.24) is 19.5 Å². The highest BCUT2D eigenvalue weighted by Gasteiger charge is 2.22. The van der Waals surface area contributed by atoms with Gasteiger partial charge in [0.25, 0.3) is 0 Å². The number of pyridine rings is 1. The van der Waals surface area contributed by atoms with Crippen LogP contribution in [0.2, 0.25) is 0 Å². The Balaban J connectivity index is 1.85. The third-order valence-electron chi connectivity index (χ3n) is 5.92. The molecule has 0 N–H and O–H groups in total. The van der Waals surface area contributed by atoms with E-state index in [1.165, 1.54) is 0 Å². The third kappa shape index (κ3) is 2.93. The van der Waals surface area contributed by atoms with Gasteiger partial charge in [-0.1, -0.05) is 73.3 Å². The van der Waals surface area contributed by atoms with Crippen LogP contribution >= 0.6 is 11.3 Å². The molecule has 158 valence electrons. The molecule has 0 atom stereocenters. The number of allylic oxidation sites excluding steroid dienone is 1. The maximum absolute atomic E-state index is 4.85. The zero-order valence-corrected chi connectivity index (χ0v) is 18.9. The summed E-state index contributed by atoms with van der Waals surface area (Å²) < 4.78 is 2.27. The van der Waals surface area contributed by atoms with E-state index >= 15 is 0 Å². The molecule has 4 aromatic heterocycles. The topological polar surface area (TPSA) is 43.6 Å². The lowest BCUT2D eigenvalue weighted by atomic mass is 10.1. The van der Waals surface area contributed by atoms with Crippen LogP contribution in [0.4, 0.5) is 0 Å². The summed E-state index contributed by atoms with van der Waals surface area (Å²) in [6.45, 7) is 6.09. The third-order valence-corrected chi connectivity index (χ3v) is 7.03. The van der Waals surface area contributed by atoms with Crippen LogP contribution in [0.3, 0.4) is 0 Å². The van der Waals surface area contributed by atoms with Crippen LogP contribution in [0.15, 0.2) is 86.0 Å². The largest absolute Gasteiger partial charge is 0.292 e. The summed E-state index contributed by atoms with van der Waals surface area (Å²) in [6.07, 6.45) is 11.6. The number of hydrogen-bond donors (Lipinski definition) is 0. The molecule has 0 saturated heterocycles. The Bertz CT molecular complexity index is 1690. The molecular formula is C28H20N4S. The molecule has 33 heavy (non-hydrogen) atoms. The first-order valence-corrected chi connectivity index (χ1v) is 11.6. The summed E-state index contributed by atoms with van der Waals surface area (Å²) >= 11 is 1.67. The Morgan fingerprint density at radius 1 is 0.939 bits per heavy atom. The van der Waals surface area contributed by atoms with E-state index in [0.29, 0.717) is 0 Å². The van der Waals surface area contributed by atoms with Gasteiger partial charge in [-0.2, -0.15) is 0 Å². The van der Waals surface area contributed by atoms with Crippen molar-refractivity contribution in [3.05, 3.63) is 96.4 Å². The fraction of sp³-hybridized carbons (Fsp3) is 0.0357. The molecule has 5 heteroatoms. The van der Waals surface area contributed by atoms with Crippen molar-refractivity contribution >= 4 is 55.5 Å². The number of fused-ring (bicyclic) bond motifs is 5. The van der Waals surface area contributed by atoms with Crippen LogP contribution < -0.4 is 0 Å². The minimum Gasteiger partial charge on any atom is -0.292 e. The lowest BCUT2D eigenvalue weighted by molar-refractivity contribution is 1.04. The van der Waals surface area contributed by atoms with Crippen LogP contribution in [0.25, 0.3) is 61.1 Å². The average Bonchev–Trinajstić information content (AvgIpc) is 3.40. The fourth-order valence-corrected chi connectivity index (χ4v) is 5.55. The van der Waals surface area contributed by atoms with Gasteiger partial charge in [0, 0.05) is 44.6 Å². The lowest BCUT2D eigenvalue weighted by Gasteiger charge is -2.12. The molecule has 0 aliphatic carbocycles. The molecule has 0 unspecified atom stereocenters. The lowest BCUT2D eigenvalue weighted by Crippen LogP contribution is -2.01. The number of thiophene rings is 1. The van der Waals surface area contributed by atoms with E-state index in [0.717, 1.165) is 59.4 Å². The Labute approximate surface area is 195 Å². The molecule has 0 amide bonds. The molecule has 2 aromatic carbocycles. The summed E-state index contributed by atoms with van der Waals surface area (Å²) in [5.41, 5.74) is 5.41. The normalized spacial score (nSPS) is 11.8. The van der Waals surface area contributed by atoms with Crippen LogP contribution in [-0.4, -0.2) is 19.5 Å². The monoisotopic (exact) mass is 444 g/mol. The summed E-state index contributed by atoms with van der Waals surface area (Å²) in [5, 5.41) is 3.38. The van der Waals surface area contributed by atoms with E-state index in [2.05, 4.69) is 64.7 Å². The Morgan fingerprint density at radius 3 is 2.58 bits per heavy atom. The zero-order valence-electron chi connectivity index (χ0n) is 18.1. The molecule has 0 spiro atoms. The maximum atomic E-state index is 4.85. The highest BCUT2D eigenvalue weighted by Crippen LogP contribution is 2.42. The Morgan fingerprint density at radius 2 is 1.76 bits per heavy atom. The van der Waals surface area contributed by atoms with Gasteiger partial charge in [-0.05, 0) is 18.6 Å². The van der Waals surface area contributed by atoms with Crippen molar-refractivity contribution < 1.29 is 0 Å². The molecule has 4 nitrogen and oxygen atoms in total. The van der Waals surface area contributed by atoms with E-state index in [4.69, 9.17) is 9.97 Å². The van der Waals surface area contributed by atoms with Gasteiger partial charge < -0.3 is 0 Å². The minimum absolute atomic E-state index is 0.854. The van der Waals surface area contributed by atoms with Gasteiger partial charge in [-0.25, -0.2) is 15.0 Å². The van der Waals surface area contributed by atoms with E-state index in [9.17, 15) is 0 Å². The van der Waals surface area contributed by atoms with Crippen LogP contribution in [0.1, 0.15) is 17.4 Å². The average molecular weight is 445 g/mol. The van der Waals surface area contributed by atoms with Crippen molar-refractivity contribution in [1.29, 1.82) is 0 Å². The van der Waals surface area contributed by atoms with E-state index in [-0.39, 0.29) is 0 Å². The van der Waals surface area contributed by atoms with Gasteiger partial charge in [0.1, 0.15) is 17.0 Å². The highest BCUT2D eigenvalue weighted by molar-refractivity contribution is 7.20. The van der Waals surface area contributed by atoms with Crippen LogP contribution in [0, 0.1) is 0 Å². The summed E-state index contributed by atoms with van der Waals surface area (Å²) in [5.74, 6) is 0.854. The van der Waals surface area contributed by atoms with E-state index in [1.807, 2.05) is 43.6 Å².